The van der Waals surface area contributed by atoms with E-state index in [4.69, 9.17) is 9.47 Å². The maximum Gasteiger partial charge on any atom is 0.242 e. The molecule has 2 saturated heterocycles. The van der Waals surface area contributed by atoms with Crippen LogP contribution in [0.5, 0.6) is 0 Å². The summed E-state index contributed by atoms with van der Waals surface area (Å²) >= 11 is 0. The molecule has 0 N–H and O–H groups in total. The Morgan fingerprint density at radius 3 is 2.36 bits per heavy atom. The molecule has 0 aromatic heterocycles. The van der Waals surface area contributed by atoms with Gasteiger partial charge in [-0.1, -0.05) is 17.7 Å². The molecular formula is C19H26N2O4. The summed E-state index contributed by atoms with van der Waals surface area (Å²) < 4.78 is 11.4. The first-order valence-electron chi connectivity index (χ1n) is 8.81. The van der Waals surface area contributed by atoms with E-state index in [0.29, 0.717) is 39.1 Å². The number of carbonyl (C=O) groups excluding carboxylic acids is 2. The molecule has 25 heavy (non-hydrogen) atoms. The van der Waals surface area contributed by atoms with Crippen molar-refractivity contribution < 1.29 is 19.1 Å². The number of likely N-dealkylation sites (tertiary alicyclic amines) is 1. The van der Waals surface area contributed by atoms with Crippen LogP contribution in [0.15, 0.2) is 18.2 Å². The second kappa shape index (κ2) is 7.14. The monoisotopic (exact) mass is 346 g/mol. The lowest BCUT2D eigenvalue weighted by Gasteiger charge is -2.38. The molecule has 0 bridgehead atoms. The number of ether oxygens (including phenoxy) is 2. The van der Waals surface area contributed by atoms with E-state index in [9.17, 15) is 9.59 Å². The van der Waals surface area contributed by atoms with Crippen LogP contribution in [-0.2, 0) is 19.1 Å². The Balaban J connectivity index is 1.66. The summed E-state index contributed by atoms with van der Waals surface area (Å²) in [5.74, 6) is -0.663. The van der Waals surface area contributed by atoms with Crippen LogP contribution in [0.2, 0.25) is 0 Å². The number of carbonyl (C=O) groups is 2. The summed E-state index contributed by atoms with van der Waals surface area (Å²) in [4.78, 5) is 28.2. The van der Waals surface area contributed by atoms with Gasteiger partial charge in [-0.15, -0.1) is 0 Å². The molecule has 1 aromatic carbocycles. The van der Waals surface area contributed by atoms with Crippen molar-refractivity contribution in [2.45, 2.75) is 39.4 Å². The standard InChI is InChI=1S/C19H26N2O4/c1-14-4-5-17(15(2)12-14)21(16(3)22)13-18(23)20-8-6-19(7-9-20)24-10-11-25-19/h4-5,12H,6-11,13H2,1-3H3. The lowest BCUT2D eigenvalue weighted by molar-refractivity contribution is -0.187. The molecular weight excluding hydrogens is 320 g/mol. The molecule has 1 aromatic rings. The van der Waals surface area contributed by atoms with Crippen molar-refractivity contribution in [3.63, 3.8) is 0 Å². The molecule has 2 fully saturated rings. The molecule has 1 spiro atoms. The van der Waals surface area contributed by atoms with Gasteiger partial charge in [-0.2, -0.15) is 0 Å². The van der Waals surface area contributed by atoms with Gasteiger partial charge in [-0.3, -0.25) is 9.59 Å². The van der Waals surface area contributed by atoms with Crippen LogP contribution in [0.1, 0.15) is 30.9 Å². The minimum absolute atomic E-state index is 0.0389. The van der Waals surface area contributed by atoms with Crippen LogP contribution in [0.4, 0.5) is 5.69 Å². The summed E-state index contributed by atoms with van der Waals surface area (Å²) in [7, 11) is 0. The highest BCUT2D eigenvalue weighted by atomic mass is 16.7. The summed E-state index contributed by atoms with van der Waals surface area (Å²) in [6, 6.07) is 5.89. The molecule has 0 unspecified atom stereocenters. The maximum absolute atomic E-state index is 12.7. The Morgan fingerprint density at radius 2 is 1.80 bits per heavy atom. The van der Waals surface area contributed by atoms with E-state index in [-0.39, 0.29) is 18.4 Å². The van der Waals surface area contributed by atoms with Crippen molar-refractivity contribution in [1.29, 1.82) is 0 Å². The van der Waals surface area contributed by atoms with Crippen LogP contribution in [0.3, 0.4) is 0 Å². The minimum Gasteiger partial charge on any atom is -0.347 e. The van der Waals surface area contributed by atoms with Gasteiger partial charge in [-0.05, 0) is 25.5 Å². The Morgan fingerprint density at radius 1 is 1.16 bits per heavy atom. The lowest BCUT2D eigenvalue weighted by atomic mass is 10.0. The highest BCUT2D eigenvalue weighted by Gasteiger charge is 2.41. The van der Waals surface area contributed by atoms with Gasteiger partial charge >= 0.3 is 0 Å². The third-order valence-electron chi connectivity index (χ3n) is 5.01. The van der Waals surface area contributed by atoms with Crippen LogP contribution in [0, 0.1) is 13.8 Å². The number of aryl methyl sites for hydroxylation is 2. The fourth-order valence-corrected chi connectivity index (χ4v) is 3.59. The lowest BCUT2D eigenvalue weighted by Crippen LogP contribution is -2.50. The molecule has 6 heteroatoms. The van der Waals surface area contributed by atoms with Crippen LogP contribution in [-0.4, -0.2) is 55.3 Å². The number of nitrogens with zero attached hydrogens (tertiary/aromatic N) is 2. The van der Waals surface area contributed by atoms with Crippen LogP contribution in [0.25, 0.3) is 0 Å². The third kappa shape index (κ3) is 3.85. The Bertz CT molecular complexity index is 657. The Labute approximate surface area is 148 Å². The smallest absolute Gasteiger partial charge is 0.242 e. The number of hydrogen-bond acceptors (Lipinski definition) is 4. The summed E-state index contributed by atoms with van der Waals surface area (Å²) in [6.45, 7) is 7.97. The number of benzene rings is 1. The second-order valence-electron chi connectivity index (χ2n) is 6.88. The average Bonchev–Trinajstić information content (AvgIpc) is 3.01. The number of hydrogen-bond donors (Lipinski definition) is 0. The van der Waals surface area contributed by atoms with E-state index in [1.165, 1.54) is 6.92 Å². The molecule has 0 saturated carbocycles. The first-order valence-corrected chi connectivity index (χ1v) is 8.81. The quantitative estimate of drug-likeness (QED) is 0.840. The molecule has 136 valence electrons. The highest BCUT2D eigenvalue weighted by Crippen LogP contribution is 2.31. The fourth-order valence-electron chi connectivity index (χ4n) is 3.59. The predicted molar refractivity (Wildman–Crippen MR) is 94.4 cm³/mol. The zero-order valence-electron chi connectivity index (χ0n) is 15.2. The van der Waals surface area contributed by atoms with E-state index in [0.717, 1.165) is 16.8 Å². The SMILES string of the molecule is CC(=O)N(CC(=O)N1CCC2(CC1)OCCO2)c1ccc(C)cc1C. The third-order valence-corrected chi connectivity index (χ3v) is 5.01. The minimum atomic E-state index is -0.495. The van der Waals surface area contributed by atoms with E-state index < -0.39 is 5.79 Å². The van der Waals surface area contributed by atoms with Gasteiger partial charge < -0.3 is 19.3 Å². The summed E-state index contributed by atoms with van der Waals surface area (Å²) in [6.07, 6.45) is 1.37. The normalized spacial score (nSPS) is 19.2. The first kappa shape index (κ1) is 17.9. The maximum atomic E-state index is 12.7. The van der Waals surface area contributed by atoms with Gasteiger partial charge in [0.05, 0.1) is 13.2 Å². The molecule has 2 aliphatic heterocycles. The van der Waals surface area contributed by atoms with E-state index in [1.54, 1.807) is 9.80 Å². The topological polar surface area (TPSA) is 59.1 Å². The largest absolute Gasteiger partial charge is 0.347 e. The van der Waals surface area contributed by atoms with E-state index in [2.05, 4.69) is 0 Å². The molecule has 0 atom stereocenters. The fraction of sp³-hybridized carbons (Fsp3) is 0.579. The molecule has 0 radical (unpaired) electrons. The Kier molecular flexibility index (Phi) is 5.11. The molecule has 0 aliphatic carbocycles. The van der Waals surface area contributed by atoms with Gasteiger partial charge in [-0.25, -0.2) is 0 Å². The molecule has 2 aliphatic rings. The van der Waals surface area contributed by atoms with E-state index in [1.807, 2.05) is 32.0 Å². The van der Waals surface area contributed by atoms with Crippen molar-refractivity contribution in [1.82, 2.24) is 4.90 Å². The van der Waals surface area contributed by atoms with Gasteiger partial charge in [0.2, 0.25) is 11.8 Å². The van der Waals surface area contributed by atoms with Gasteiger partial charge in [0.1, 0.15) is 6.54 Å². The molecule has 2 heterocycles. The number of amides is 2. The van der Waals surface area contributed by atoms with Gasteiger partial charge in [0.15, 0.2) is 5.79 Å². The molecule has 2 amide bonds. The van der Waals surface area contributed by atoms with Crippen molar-refractivity contribution in [2.75, 3.05) is 37.7 Å². The van der Waals surface area contributed by atoms with Crippen molar-refractivity contribution in [3.05, 3.63) is 29.3 Å². The number of rotatable bonds is 3. The number of anilines is 1. The summed E-state index contributed by atoms with van der Waals surface area (Å²) in [5, 5.41) is 0. The van der Waals surface area contributed by atoms with Crippen molar-refractivity contribution in [2.24, 2.45) is 0 Å². The number of piperidine rings is 1. The van der Waals surface area contributed by atoms with Crippen LogP contribution >= 0.6 is 0 Å². The summed E-state index contributed by atoms with van der Waals surface area (Å²) in [5.41, 5.74) is 2.92. The zero-order valence-corrected chi connectivity index (χ0v) is 15.2. The molecule has 6 nitrogen and oxygen atoms in total. The van der Waals surface area contributed by atoms with E-state index >= 15 is 0 Å². The molecule has 3 rings (SSSR count). The van der Waals surface area contributed by atoms with Crippen LogP contribution < -0.4 is 4.90 Å². The van der Waals surface area contributed by atoms with Gasteiger partial charge in [0, 0.05) is 38.5 Å². The van der Waals surface area contributed by atoms with Gasteiger partial charge in [0.25, 0.3) is 0 Å². The second-order valence-corrected chi connectivity index (χ2v) is 6.88. The van der Waals surface area contributed by atoms with Crippen molar-refractivity contribution in [3.8, 4) is 0 Å². The first-order chi connectivity index (χ1) is 11.9. The zero-order chi connectivity index (χ0) is 18.0. The highest BCUT2D eigenvalue weighted by molar-refractivity contribution is 5.98. The van der Waals surface area contributed by atoms with Crippen molar-refractivity contribution >= 4 is 17.5 Å². The predicted octanol–water partition coefficient (Wildman–Crippen LogP) is 2.02. The average molecular weight is 346 g/mol. The Hall–Kier alpha value is -1.92.